The third kappa shape index (κ3) is 6.27. The lowest BCUT2D eigenvalue weighted by atomic mass is 10.1. The SMILES string of the molecule is Cc1ccc(S(=O)(=O)N[C@@H](C(=O)N/N=C\c2ccc(Br)cc2)C(C)C)cc1. The number of hydrogen-bond acceptors (Lipinski definition) is 4. The summed E-state index contributed by atoms with van der Waals surface area (Å²) < 4.78 is 28.5. The molecule has 1 amide bonds. The van der Waals surface area contributed by atoms with Crippen molar-refractivity contribution in [3.05, 3.63) is 64.1 Å². The number of aryl methyl sites for hydroxylation is 1. The van der Waals surface area contributed by atoms with Crippen molar-refractivity contribution >= 4 is 38.1 Å². The lowest BCUT2D eigenvalue weighted by Gasteiger charge is -2.20. The van der Waals surface area contributed by atoms with Gasteiger partial charge in [0.2, 0.25) is 10.0 Å². The van der Waals surface area contributed by atoms with Gasteiger partial charge >= 0.3 is 0 Å². The van der Waals surface area contributed by atoms with E-state index < -0.39 is 22.0 Å². The Morgan fingerprint density at radius 1 is 1.07 bits per heavy atom. The minimum Gasteiger partial charge on any atom is -0.271 e. The Labute approximate surface area is 168 Å². The number of rotatable bonds is 7. The van der Waals surface area contributed by atoms with Crippen LogP contribution in [0.15, 0.2) is 63.0 Å². The fourth-order valence-corrected chi connectivity index (χ4v) is 3.84. The summed E-state index contributed by atoms with van der Waals surface area (Å²) in [5.41, 5.74) is 4.16. The highest BCUT2D eigenvalue weighted by Crippen LogP contribution is 2.13. The zero-order valence-corrected chi connectivity index (χ0v) is 17.7. The molecule has 0 saturated heterocycles. The zero-order chi connectivity index (χ0) is 20.0. The van der Waals surface area contributed by atoms with Crippen molar-refractivity contribution in [2.24, 2.45) is 11.0 Å². The van der Waals surface area contributed by atoms with E-state index in [0.717, 1.165) is 15.6 Å². The van der Waals surface area contributed by atoms with Crippen LogP contribution < -0.4 is 10.1 Å². The van der Waals surface area contributed by atoms with E-state index in [0.29, 0.717) is 0 Å². The van der Waals surface area contributed by atoms with Gasteiger partial charge in [0.05, 0.1) is 11.1 Å². The first kappa shape index (κ1) is 21.3. The van der Waals surface area contributed by atoms with Gasteiger partial charge in [-0.3, -0.25) is 4.79 Å². The molecule has 2 rings (SSSR count). The molecule has 8 heteroatoms. The molecule has 0 unspecified atom stereocenters. The summed E-state index contributed by atoms with van der Waals surface area (Å²) in [6, 6.07) is 12.9. The van der Waals surface area contributed by atoms with Crippen LogP contribution in [-0.2, 0) is 14.8 Å². The molecule has 6 nitrogen and oxygen atoms in total. The molecule has 0 aliphatic carbocycles. The van der Waals surface area contributed by atoms with Gasteiger partial charge in [-0.1, -0.05) is 59.6 Å². The Morgan fingerprint density at radius 2 is 1.67 bits per heavy atom. The second kappa shape index (κ2) is 9.25. The van der Waals surface area contributed by atoms with Crippen molar-refractivity contribution in [1.82, 2.24) is 10.1 Å². The molecule has 0 saturated carbocycles. The van der Waals surface area contributed by atoms with Crippen molar-refractivity contribution in [1.29, 1.82) is 0 Å². The van der Waals surface area contributed by atoms with Gasteiger partial charge in [-0.2, -0.15) is 9.82 Å². The number of amides is 1. The maximum atomic E-state index is 12.6. The highest BCUT2D eigenvalue weighted by molar-refractivity contribution is 9.10. The van der Waals surface area contributed by atoms with Crippen LogP contribution in [0.3, 0.4) is 0 Å². The van der Waals surface area contributed by atoms with Gasteiger partial charge in [0.25, 0.3) is 5.91 Å². The standard InChI is InChI=1S/C19H22BrN3O3S/c1-13(2)18(23-27(25,26)17-10-4-14(3)5-11-17)19(24)22-21-12-15-6-8-16(20)9-7-15/h4-13,18,23H,1-3H3,(H,22,24)/b21-12-/t18-/m1/s1. The van der Waals surface area contributed by atoms with E-state index >= 15 is 0 Å². The van der Waals surface area contributed by atoms with Crippen molar-refractivity contribution in [2.45, 2.75) is 31.7 Å². The maximum absolute atomic E-state index is 12.6. The number of hydrogen-bond donors (Lipinski definition) is 2. The Hall–Kier alpha value is -2.03. The second-order valence-corrected chi connectivity index (χ2v) is 9.07. The van der Waals surface area contributed by atoms with Crippen molar-refractivity contribution < 1.29 is 13.2 Å². The molecule has 1 atom stereocenters. The number of hydrazone groups is 1. The minimum absolute atomic E-state index is 0.116. The van der Waals surface area contributed by atoms with Crippen LogP contribution in [-0.4, -0.2) is 26.6 Å². The third-order valence-electron chi connectivity index (χ3n) is 3.82. The summed E-state index contributed by atoms with van der Waals surface area (Å²) in [4.78, 5) is 12.5. The van der Waals surface area contributed by atoms with Gasteiger partial charge < -0.3 is 0 Å². The predicted octanol–water partition coefficient (Wildman–Crippen LogP) is 3.21. The first-order valence-electron chi connectivity index (χ1n) is 8.36. The molecular weight excluding hydrogens is 430 g/mol. The normalized spacial score (nSPS) is 13.1. The fourth-order valence-electron chi connectivity index (χ4n) is 2.23. The highest BCUT2D eigenvalue weighted by Gasteiger charge is 2.28. The molecule has 0 aliphatic heterocycles. The van der Waals surface area contributed by atoms with Gasteiger partial charge in [-0.15, -0.1) is 0 Å². The molecule has 0 aliphatic rings. The monoisotopic (exact) mass is 451 g/mol. The lowest BCUT2D eigenvalue weighted by Crippen LogP contribution is -2.48. The van der Waals surface area contributed by atoms with Crippen LogP contribution in [0.5, 0.6) is 0 Å². The van der Waals surface area contributed by atoms with Crippen molar-refractivity contribution in [3.8, 4) is 0 Å². The largest absolute Gasteiger partial charge is 0.271 e. The molecule has 2 N–H and O–H groups in total. The molecule has 2 aromatic rings. The summed E-state index contributed by atoms with van der Waals surface area (Å²) in [7, 11) is -3.82. The predicted molar refractivity (Wildman–Crippen MR) is 110 cm³/mol. The molecule has 0 radical (unpaired) electrons. The van der Waals surface area contributed by atoms with Crippen LogP contribution in [0, 0.1) is 12.8 Å². The summed E-state index contributed by atoms with van der Waals surface area (Å²) in [6.45, 7) is 5.40. The van der Waals surface area contributed by atoms with E-state index in [2.05, 4.69) is 31.2 Å². The summed E-state index contributed by atoms with van der Waals surface area (Å²) in [5.74, 6) is -0.776. The zero-order valence-electron chi connectivity index (χ0n) is 15.3. The van der Waals surface area contributed by atoms with Crippen LogP contribution in [0.2, 0.25) is 0 Å². The van der Waals surface area contributed by atoms with Crippen molar-refractivity contribution in [3.63, 3.8) is 0 Å². The number of nitrogens with one attached hydrogen (secondary N) is 2. The third-order valence-corrected chi connectivity index (χ3v) is 5.81. The average molecular weight is 452 g/mol. The topological polar surface area (TPSA) is 87.6 Å². The Bertz CT molecular complexity index is 908. The van der Waals surface area contributed by atoms with Gasteiger partial charge in [0.1, 0.15) is 6.04 Å². The van der Waals surface area contributed by atoms with Gasteiger partial charge in [-0.05, 0) is 42.7 Å². The molecular formula is C19H22BrN3O3S. The second-order valence-electron chi connectivity index (χ2n) is 6.44. The molecule has 2 aromatic carbocycles. The summed E-state index contributed by atoms with van der Waals surface area (Å²) in [6.07, 6.45) is 1.50. The van der Waals surface area contributed by atoms with Crippen LogP contribution >= 0.6 is 15.9 Å². The van der Waals surface area contributed by atoms with Gasteiger partial charge in [-0.25, -0.2) is 13.8 Å². The number of halogens is 1. The van der Waals surface area contributed by atoms with E-state index in [-0.39, 0.29) is 10.8 Å². The number of benzene rings is 2. The molecule has 0 aromatic heterocycles. The smallest absolute Gasteiger partial charge is 0.258 e. The summed E-state index contributed by atoms with van der Waals surface area (Å²) >= 11 is 3.34. The molecule has 27 heavy (non-hydrogen) atoms. The molecule has 144 valence electrons. The first-order valence-corrected chi connectivity index (χ1v) is 10.6. The number of carbonyl (C=O) groups excluding carboxylic acids is 1. The lowest BCUT2D eigenvalue weighted by molar-refractivity contribution is -0.123. The molecule has 0 heterocycles. The quantitative estimate of drug-likeness (QED) is 0.500. The van der Waals surface area contributed by atoms with Crippen LogP contribution in [0.25, 0.3) is 0 Å². The van der Waals surface area contributed by atoms with E-state index in [1.165, 1.54) is 18.3 Å². The molecule has 0 spiro atoms. The number of nitrogens with zero attached hydrogens (tertiary/aromatic N) is 1. The molecule has 0 bridgehead atoms. The first-order chi connectivity index (χ1) is 12.7. The Morgan fingerprint density at radius 3 is 2.22 bits per heavy atom. The molecule has 0 fully saturated rings. The van der Waals surface area contributed by atoms with E-state index in [9.17, 15) is 13.2 Å². The van der Waals surface area contributed by atoms with Gasteiger partial charge in [0.15, 0.2) is 0 Å². The van der Waals surface area contributed by atoms with Crippen molar-refractivity contribution in [2.75, 3.05) is 0 Å². The fraction of sp³-hybridized carbons (Fsp3) is 0.263. The highest BCUT2D eigenvalue weighted by atomic mass is 79.9. The van der Waals surface area contributed by atoms with E-state index in [4.69, 9.17) is 0 Å². The Balaban J connectivity index is 2.08. The maximum Gasteiger partial charge on any atom is 0.258 e. The number of carbonyl (C=O) groups is 1. The Kier molecular flexibility index (Phi) is 7.29. The average Bonchev–Trinajstić information content (AvgIpc) is 2.61. The van der Waals surface area contributed by atoms with E-state index in [1.807, 2.05) is 31.2 Å². The summed E-state index contributed by atoms with van der Waals surface area (Å²) in [5, 5.41) is 3.91. The van der Waals surface area contributed by atoms with Crippen LogP contribution in [0.1, 0.15) is 25.0 Å². The van der Waals surface area contributed by atoms with Crippen LogP contribution in [0.4, 0.5) is 0 Å². The number of sulfonamides is 1. The van der Waals surface area contributed by atoms with E-state index in [1.54, 1.807) is 26.0 Å². The van der Waals surface area contributed by atoms with Gasteiger partial charge in [0, 0.05) is 4.47 Å². The minimum atomic E-state index is -3.82.